The number of hydrogen-bond donors (Lipinski definition) is 3. The fraction of sp³-hybridized carbons (Fsp3) is 0.417. The van der Waals surface area contributed by atoms with Gasteiger partial charge in [0.05, 0.1) is 18.9 Å². The van der Waals surface area contributed by atoms with Crippen molar-refractivity contribution in [3.63, 3.8) is 0 Å². The second kappa shape index (κ2) is 5.74. The largest absolute Gasteiger partial charge is 0.480 e. The van der Waals surface area contributed by atoms with Crippen LogP contribution in [0.25, 0.3) is 0 Å². The first-order chi connectivity index (χ1) is 9.49. The maximum atomic E-state index is 11.9. The molecule has 0 bridgehead atoms. The van der Waals surface area contributed by atoms with Gasteiger partial charge in [0, 0.05) is 13.0 Å². The van der Waals surface area contributed by atoms with Crippen LogP contribution in [-0.2, 0) is 9.59 Å². The maximum Gasteiger partial charge on any atom is 0.326 e. The van der Waals surface area contributed by atoms with Crippen LogP contribution in [0.3, 0.4) is 0 Å². The van der Waals surface area contributed by atoms with Crippen molar-refractivity contribution in [1.29, 1.82) is 0 Å². The SMILES string of the molecule is O=C(NCC(=O)N1C[C@H](O)C[C@@H]1C(=O)O)c1ccco1. The van der Waals surface area contributed by atoms with Crippen molar-refractivity contribution in [1.82, 2.24) is 10.2 Å². The van der Waals surface area contributed by atoms with Crippen LogP contribution in [0.1, 0.15) is 17.0 Å². The average Bonchev–Trinajstić information content (AvgIpc) is 3.04. The van der Waals surface area contributed by atoms with Gasteiger partial charge in [0.15, 0.2) is 5.76 Å². The zero-order valence-electron chi connectivity index (χ0n) is 10.5. The van der Waals surface area contributed by atoms with E-state index in [1.807, 2.05) is 0 Å². The van der Waals surface area contributed by atoms with Crippen LogP contribution >= 0.6 is 0 Å². The minimum atomic E-state index is -1.17. The zero-order chi connectivity index (χ0) is 14.7. The van der Waals surface area contributed by atoms with Crippen LogP contribution in [0.5, 0.6) is 0 Å². The predicted octanol–water partition coefficient (Wildman–Crippen LogP) is -0.944. The van der Waals surface area contributed by atoms with E-state index in [1.54, 1.807) is 0 Å². The van der Waals surface area contributed by atoms with Crippen LogP contribution in [0.15, 0.2) is 22.8 Å². The monoisotopic (exact) mass is 282 g/mol. The Labute approximate surface area is 114 Å². The van der Waals surface area contributed by atoms with Crippen molar-refractivity contribution >= 4 is 17.8 Å². The number of hydrogen-bond acceptors (Lipinski definition) is 5. The molecule has 0 aromatic carbocycles. The summed E-state index contributed by atoms with van der Waals surface area (Å²) in [6, 6.07) is 1.92. The van der Waals surface area contributed by atoms with E-state index in [4.69, 9.17) is 9.52 Å². The van der Waals surface area contributed by atoms with E-state index in [2.05, 4.69) is 5.32 Å². The predicted molar refractivity (Wildman–Crippen MR) is 64.8 cm³/mol. The average molecular weight is 282 g/mol. The molecule has 2 heterocycles. The molecule has 1 aliphatic rings. The molecule has 20 heavy (non-hydrogen) atoms. The molecule has 1 fully saturated rings. The molecule has 2 atom stereocenters. The van der Waals surface area contributed by atoms with Crippen molar-refractivity contribution < 1.29 is 29.0 Å². The Kier molecular flexibility index (Phi) is 4.04. The Morgan fingerprint density at radius 1 is 1.45 bits per heavy atom. The molecule has 1 aromatic rings. The van der Waals surface area contributed by atoms with Gasteiger partial charge >= 0.3 is 5.97 Å². The minimum absolute atomic E-state index is 0.00674. The van der Waals surface area contributed by atoms with Crippen molar-refractivity contribution in [3.8, 4) is 0 Å². The Balaban J connectivity index is 1.91. The number of rotatable bonds is 4. The molecule has 0 saturated carbocycles. The van der Waals surface area contributed by atoms with Crippen LogP contribution in [0.2, 0.25) is 0 Å². The van der Waals surface area contributed by atoms with Gasteiger partial charge in [0.25, 0.3) is 5.91 Å². The number of aliphatic hydroxyl groups is 1. The molecule has 8 nitrogen and oxygen atoms in total. The summed E-state index contributed by atoms with van der Waals surface area (Å²) in [5.41, 5.74) is 0. The van der Waals surface area contributed by atoms with E-state index in [1.165, 1.54) is 18.4 Å². The smallest absolute Gasteiger partial charge is 0.326 e. The van der Waals surface area contributed by atoms with E-state index in [-0.39, 0.29) is 25.3 Å². The molecule has 0 unspecified atom stereocenters. The summed E-state index contributed by atoms with van der Waals surface area (Å²) < 4.78 is 4.86. The summed E-state index contributed by atoms with van der Waals surface area (Å²) in [5, 5.41) is 20.7. The first-order valence-corrected chi connectivity index (χ1v) is 6.01. The number of likely N-dealkylation sites (tertiary alicyclic amines) is 1. The molecule has 0 radical (unpaired) electrons. The van der Waals surface area contributed by atoms with Gasteiger partial charge in [-0.3, -0.25) is 9.59 Å². The lowest BCUT2D eigenvalue weighted by Crippen LogP contribution is -2.45. The van der Waals surface area contributed by atoms with Gasteiger partial charge in [0.1, 0.15) is 6.04 Å². The quantitative estimate of drug-likeness (QED) is 0.655. The van der Waals surface area contributed by atoms with E-state index in [0.29, 0.717) is 0 Å². The highest BCUT2D eigenvalue weighted by Crippen LogP contribution is 2.18. The highest BCUT2D eigenvalue weighted by Gasteiger charge is 2.38. The summed E-state index contributed by atoms with van der Waals surface area (Å²) in [5.74, 6) is -2.23. The number of carbonyl (C=O) groups is 3. The zero-order valence-corrected chi connectivity index (χ0v) is 10.5. The van der Waals surface area contributed by atoms with Crippen LogP contribution in [-0.4, -0.2) is 58.1 Å². The number of furan rings is 1. The molecule has 0 spiro atoms. The number of β-amino-alcohol motifs (C(OH)–C–C–N with tert-alkyl or cyclic N) is 1. The molecule has 1 aliphatic heterocycles. The third-order valence-corrected chi connectivity index (χ3v) is 3.03. The lowest BCUT2D eigenvalue weighted by molar-refractivity contribution is -0.147. The molecule has 8 heteroatoms. The molecule has 1 aromatic heterocycles. The Hall–Kier alpha value is -2.35. The lowest BCUT2D eigenvalue weighted by atomic mass is 10.2. The van der Waals surface area contributed by atoms with Crippen LogP contribution < -0.4 is 5.32 Å². The molecule has 0 aliphatic carbocycles. The first kappa shape index (κ1) is 14.1. The van der Waals surface area contributed by atoms with Crippen molar-refractivity contribution in [3.05, 3.63) is 24.2 Å². The second-order valence-electron chi connectivity index (χ2n) is 4.45. The van der Waals surface area contributed by atoms with Crippen LogP contribution in [0, 0.1) is 0 Å². The van der Waals surface area contributed by atoms with Gasteiger partial charge in [-0.25, -0.2) is 4.79 Å². The van der Waals surface area contributed by atoms with Gasteiger partial charge in [0.2, 0.25) is 5.91 Å². The number of nitrogens with zero attached hydrogens (tertiary/aromatic N) is 1. The Morgan fingerprint density at radius 2 is 2.20 bits per heavy atom. The number of aliphatic carboxylic acids is 1. The summed E-state index contributed by atoms with van der Waals surface area (Å²) in [6.07, 6.45) is 0.460. The topological polar surface area (TPSA) is 120 Å². The maximum absolute atomic E-state index is 11.9. The van der Waals surface area contributed by atoms with Gasteiger partial charge in [-0.2, -0.15) is 0 Å². The minimum Gasteiger partial charge on any atom is -0.480 e. The molecule has 108 valence electrons. The highest BCUT2D eigenvalue weighted by molar-refractivity contribution is 5.94. The standard InChI is InChI=1S/C12H14N2O6/c15-7-4-8(12(18)19)14(6-7)10(16)5-13-11(17)9-2-1-3-20-9/h1-3,7-8,15H,4-6H2,(H,13,17)(H,18,19)/t7-,8-/m1/s1. The summed E-state index contributed by atoms with van der Waals surface area (Å²) in [6.45, 7) is -0.400. The summed E-state index contributed by atoms with van der Waals surface area (Å²) >= 11 is 0. The molecule has 1 saturated heterocycles. The number of amides is 2. The lowest BCUT2D eigenvalue weighted by Gasteiger charge is -2.21. The normalized spacial score (nSPS) is 21.8. The number of aliphatic hydroxyl groups excluding tert-OH is 1. The number of nitrogens with one attached hydrogen (secondary N) is 1. The molecular weight excluding hydrogens is 268 g/mol. The first-order valence-electron chi connectivity index (χ1n) is 6.01. The molecule has 2 rings (SSSR count). The van der Waals surface area contributed by atoms with E-state index >= 15 is 0 Å². The van der Waals surface area contributed by atoms with E-state index in [9.17, 15) is 19.5 Å². The van der Waals surface area contributed by atoms with Crippen molar-refractivity contribution in [2.24, 2.45) is 0 Å². The number of carboxylic acid groups (broad SMARTS) is 1. The van der Waals surface area contributed by atoms with E-state index < -0.39 is 29.9 Å². The van der Waals surface area contributed by atoms with Gasteiger partial charge in [-0.05, 0) is 12.1 Å². The number of carboxylic acids is 1. The van der Waals surface area contributed by atoms with Gasteiger partial charge in [-0.15, -0.1) is 0 Å². The third-order valence-electron chi connectivity index (χ3n) is 3.03. The fourth-order valence-corrected chi connectivity index (χ4v) is 2.08. The third kappa shape index (κ3) is 2.97. The van der Waals surface area contributed by atoms with Gasteiger partial charge < -0.3 is 24.8 Å². The number of carbonyl (C=O) groups excluding carboxylic acids is 2. The summed E-state index contributed by atoms with van der Waals surface area (Å²) in [4.78, 5) is 35.5. The molecule has 2 amide bonds. The van der Waals surface area contributed by atoms with Crippen molar-refractivity contribution in [2.45, 2.75) is 18.6 Å². The van der Waals surface area contributed by atoms with Crippen LogP contribution in [0.4, 0.5) is 0 Å². The van der Waals surface area contributed by atoms with Gasteiger partial charge in [-0.1, -0.05) is 0 Å². The Bertz CT molecular complexity index is 512. The Morgan fingerprint density at radius 3 is 2.80 bits per heavy atom. The fourth-order valence-electron chi connectivity index (χ4n) is 2.08. The van der Waals surface area contributed by atoms with Crippen molar-refractivity contribution in [2.75, 3.05) is 13.1 Å². The highest BCUT2D eigenvalue weighted by atomic mass is 16.4. The molecular formula is C12H14N2O6. The van der Waals surface area contributed by atoms with E-state index in [0.717, 1.165) is 4.90 Å². The molecule has 3 N–H and O–H groups in total. The summed E-state index contributed by atoms with van der Waals surface area (Å²) in [7, 11) is 0. The second-order valence-corrected chi connectivity index (χ2v) is 4.45.